The molecule has 1 aliphatic rings. The Balaban J connectivity index is 1.93. The van der Waals surface area contributed by atoms with Crippen molar-refractivity contribution in [1.82, 2.24) is 0 Å². The van der Waals surface area contributed by atoms with Crippen LogP contribution in [0.25, 0.3) is 0 Å². The zero-order valence-corrected chi connectivity index (χ0v) is 21.0. The van der Waals surface area contributed by atoms with Gasteiger partial charge < -0.3 is 33.5 Å². The fourth-order valence-corrected chi connectivity index (χ4v) is 3.94. The maximum atomic E-state index is 12.8. The highest BCUT2D eigenvalue weighted by Crippen LogP contribution is 2.32. The molecule has 0 saturated carbocycles. The zero-order valence-electron chi connectivity index (χ0n) is 21.0. The Hall–Kier alpha value is -3.31. The monoisotopic (exact) mass is 516 g/mol. The second kappa shape index (κ2) is 13.8. The van der Waals surface area contributed by atoms with Crippen LogP contribution in [0.4, 0.5) is 0 Å². The van der Waals surface area contributed by atoms with Gasteiger partial charge in [-0.1, -0.05) is 60.7 Å². The van der Waals surface area contributed by atoms with Crippen molar-refractivity contribution < 1.29 is 47.9 Å². The molecule has 0 amide bonds. The van der Waals surface area contributed by atoms with Crippen molar-refractivity contribution in [1.29, 1.82) is 0 Å². The third-order valence-corrected chi connectivity index (χ3v) is 5.54. The molecule has 1 N–H and O–H groups in total. The van der Waals surface area contributed by atoms with Gasteiger partial charge in [0.15, 0.2) is 18.5 Å². The Kier molecular flexibility index (Phi) is 10.6. The molecule has 6 atom stereocenters. The smallest absolute Gasteiger partial charge is 0.339 e. The first kappa shape index (κ1) is 28.3. The van der Waals surface area contributed by atoms with E-state index in [0.717, 1.165) is 5.56 Å². The Morgan fingerprint density at radius 1 is 0.892 bits per heavy atom. The van der Waals surface area contributed by atoms with Crippen LogP contribution in [-0.4, -0.2) is 66.9 Å². The number of aliphatic hydroxyl groups excluding tert-OH is 1. The molecule has 0 aromatic heterocycles. The molecular formula is C27H32O10. The zero-order chi connectivity index (χ0) is 26.8. The summed E-state index contributed by atoms with van der Waals surface area (Å²) in [6.45, 7) is 4.04. The number of aliphatic hydroxyl groups is 1. The average molecular weight is 517 g/mol. The van der Waals surface area contributed by atoms with Crippen LogP contribution in [0.2, 0.25) is 0 Å². The van der Waals surface area contributed by atoms with E-state index < -0.39 is 54.7 Å². The number of hydrogen-bond acceptors (Lipinski definition) is 10. The van der Waals surface area contributed by atoms with Gasteiger partial charge in [-0.3, -0.25) is 9.59 Å². The van der Waals surface area contributed by atoms with Gasteiger partial charge in [-0.15, -0.1) is 0 Å². The standard InChI is InChI=1S/C27H32O10/c1-4-32-26(30)22(20-13-9-6-10-14-20)37-25-24(35-18(3)29)23(34-15-19-11-7-5-8-12-19)21(36-27(25)31)16-33-17(2)28/h5-14,21-25,27,31H,4,15-16H2,1-3H3/t21-,22+,23+,24+,25-,27?/m1/s1. The molecule has 37 heavy (non-hydrogen) atoms. The van der Waals surface area contributed by atoms with Crippen LogP contribution in [0.5, 0.6) is 0 Å². The van der Waals surface area contributed by atoms with Crippen molar-refractivity contribution in [2.45, 2.75) is 64.2 Å². The van der Waals surface area contributed by atoms with Crippen molar-refractivity contribution in [2.24, 2.45) is 0 Å². The van der Waals surface area contributed by atoms with Gasteiger partial charge in [0.2, 0.25) is 0 Å². The Morgan fingerprint density at radius 3 is 2.14 bits per heavy atom. The van der Waals surface area contributed by atoms with Gasteiger partial charge in [-0.25, -0.2) is 4.79 Å². The second-order valence-electron chi connectivity index (χ2n) is 8.35. The van der Waals surface area contributed by atoms with Crippen LogP contribution in [0, 0.1) is 0 Å². The fourth-order valence-electron chi connectivity index (χ4n) is 3.94. The molecule has 1 heterocycles. The summed E-state index contributed by atoms with van der Waals surface area (Å²) in [7, 11) is 0. The predicted octanol–water partition coefficient (Wildman–Crippen LogP) is 2.47. The molecular weight excluding hydrogens is 484 g/mol. The number of ether oxygens (including phenoxy) is 6. The number of benzene rings is 2. The summed E-state index contributed by atoms with van der Waals surface area (Å²) >= 11 is 0. The van der Waals surface area contributed by atoms with E-state index in [1.807, 2.05) is 30.3 Å². The van der Waals surface area contributed by atoms with E-state index in [9.17, 15) is 19.5 Å². The van der Waals surface area contributed by atoms with Gasteiger partial charge in [0, 0.05) is 13.8 Å². The molecule has 1 fully saturated rings. The van der Waals surface area contributed by atoms with E-state index in [2.05, 4.69) is 0 Å². The molecule has 0 bridgehead atoms. The van der Waals surface area contributed by atoms with E-state index in [4.69, 9.17) is 28.4 Å². The lowest BCUT2D eigenvalue weighted by Crippen LogP contribution is -2.62. The van der Waals surface area contributed by atoms with Gasteiger partial charge in [0.25, 0.3) is 0 Å². The van der Waals surface area contributed by atoms with Crippen LogP contribution >= 0.6 is 0 Å². The van der Waals surface area contributed by atoms with Crippen LogP contribution in [0.1, 0.15) is 38.0 Å². The molecule has 2 aromatic carbocycles. The summed E-state index contributed by atoms with van der Waals surface area (Å²) in [5.74, 6) is -1.92. The van der Waals surface area contributed by atoms with Crippen molar-refractivity contribution in [3.63, 3.8) is 0 Å². The predicted molar refractivity (Wildman–Crippen MR) is 129 cm³/mol. The lowest BCUT2D eigenvalue weighted by Gasteiger charge is -2.44. The maximum Gasteiger partial charge on any atom is 0.339 e. The number of esters is 3. The van der Waals surface area contributed by atoms with Gasteiger partial charge in [0.05, 0.1) is 13.2 Å². The van der Waals surface area contributed by atoms with Crippen LogP contribution in [-0.2, 0) is 49.4 Å². The SMILES string of the molecule is CCOC(=O)[C@@H](O[C@H]1C(O)O[C@H](COC(C)=O)[C@H](OCc2ccccc2)[C@@H]1OC(C)=O)c1ccccc1. The van der Waals surface area contributed by atoms with Crippen molar-refractivity contribution in [3.8, 4) is 0 Å². The topological polar surface area (TPSA) is 127 Å². The first-order valence-corrected chi connectivity index (χ1v) is 12.0. The highest BCUT2D eigenvalue weighted by molar-refractivity contribution is 5.76. The molecule has 10 nitrogen and oxygen atoms in total. The minimum atomic E-state index is -1.65. The molecule has 0 aliphatic carbocycles. The molecule has 2 aromatic rings. The Bertz CT molecular complexity index is 1010. The normalized spacial score (nSPS) is 24.1. The molecule has 3 rings (SSSR count). The van der Waals surface area contributed by atoms with E-state index in [1.165, 1.54) is 13.8 Å². The van der Waals surface area contributed by atoms with Crippen molar-refractivity contribution in [3.05, 3.63) is 71.8 Å². The first-order chi connectivity index (χ1) is 17.8. The fraction of sp³-hybridized carbons (Fsp3) is 0.444. The Labute approximate surface area is 215 Å². The van der Waals surface area contributed by atoms with Gasteiger partial charge in [-0.2, -0.15) is 0 Å². The lowest BCUT2D eigenvalue weighted by molar-refractivity contribution is -0.313. The average Bonchev–Trinajstić information content (AvgIpc) is 2.87. The van der Waals surface area contributed by atoms with E-state index >= 15 is 0 Å². The molecule has 10 heteroatoms. The number of carbonyl (C=O) groups excluding carboxylic acids is 3. The highest BCUT2D eigenvalue weighted by Gasteiger charge is 2.51. The highest BCUT2D eigenvalue weighted by atomic mass is 16.7. The van der Waals surface area contributed by atoms with E-state index in [-0.39, 0.29) is 19.8 Å². The number of hydrogen-bond donors (Lipinski definition) is 1. The third kappa shape index (κ3) is 8.09. The molecule has 200 valence electrons. The molecule has 1 aliphatic heterocycles. The molecule has 1 unspecified atom stereocenters. The summed E-state index contributed by atoms with van der Waals surface area (Å²) in [6, 6.07) is 17.8. The van der Waals surface area contributed by atoms with Gasteiger partial charge >= 0.3 is 17.9 Å². The molecule has 1 saturated heterocycles. The minimum absolute atomic E-state index is 0.103. The Morgan fingerprint density at radius 2 is 1.54 bits per heavy atom. The largest absolute Gasteiger partial charge is 0.464 e. The first-order valence-electron chi connectivity index (χ1n) is 12.0. The summed E-state index contributed by atoms with van der Waals surface area (Å²) < 4.78 is 33.7. The van der Waals surface area contributed by atoms with Crippen molar-refractivity contribution >= 4 is 17.9 Å². The van der Waals surface area contributed by atoms with Crippen LogP contribution in [0.15, 0.2) is 60.7 Å². The van der Waals surface area contributed by atoms with Gasteiger partial charge in [0.1, 0.15) is 24.9 Å². The number of rotatable bonds is 11. The summed E-state index contributed by atoms with van der Waals surface area (Å²) in [6.07, 6.45) is -7.47. The van der Waals surface area contributed by atoms with Crippen LogP contribution < -0.4 is 0 Å². The molecule has 0 spiro atoms. The van der Waals surface area contributed by atoms with Crippen molar-refractivity contribution in [2.75, 3.05) is 13.2 Å². The minimum Gasteiger partial charge on any atom is -0.464 e. The molecule has 0 radical (unpaired) electrons. The lowest BCUT2D eigenvalue weighted by atomic mass is 9.97. The summed E-state index contributed by atoms with van der Waals surface area (Å²) in [4.78, 5) is 36.4. The maximum absolute atomic E-state index is 12.8. The third-order valence-electron chi connectivity index (χ3n) is 5.54. The van der Waals surface area contributed by atoms with Gasteiger partial charge in [-0.05, 0) is 18.1 Å². The van der Waals surface area contributed by atoms with E-state index in [1.54, 1.807) is 37.3 Å². The van der Waals surface area contributed by atoms with E-state index in [0.29, 0.717) is 5.56 Å². The summed E-state index contributed by atoms with van der Waals surface area (Å²) in [5.41, 5.74) is 1.30. The second-order valence-corrected chi connectivity index (χ2v) is 8.35. The summed E-state index contributed by atoms with van der Waals surface area (Å²) in [5, 5.41) is 10.9. The van der Waals surface area contributed by atoms with Crippen LogP contribution in [0.3, 0.4) is 0 Å². The quantitative estimate of drug-likeness (QED) is 0.351. The number of carbonyl (C=O) groups is 3.